The van der Waals surface area contributed by atoms with Gasteiger partial charge in [0, 0.05) is 13.1 Å². The summed E-state index contributed by atoms with van der Waals surface area (Å²) in [4.78, 5) is 15.3. The number of alkyl halides is 3. The maximum absolute atomic E-state index is 14.1. The van der Waals surface area contributed by atoms with E-state index in [-0.39, 0.29) is 18.0 Å². The van der Waals surface area contributed by atoms with Gasteiger partial charge in [-0.15, -0.1) is 0 Å². The van der Waals surface area contributed by atoms with Gasteiger partial charge in [0.25, 0.3) is 5.91 Å². The van der Waals surface area contributed by atoms with Crippen LogP contribution in [0.4, 0.5) is 23.4 Å². The quantitative estimate of drug-likeness (QED) is 0.727. The maximum Gasteiger partial charge on any atom is 0.433 e. The van der Waals surface area contributed by atoms with E-state index in [1.54, 1.807) is 13.8 Å². The van der Waals surface area contributed by atoms with Crippen molar-refractivity contribution in [3.63, 3.8) is 0 Å². The van der Waals surface area contributed by atoms with Gasteiger partial charge in [0.15, 0.2) is 0 Å². The number of pyridine rings is 1. The zero-order valence-electron chi connectivity index (χ0n) is 14.9. The van der Waals surface area contributed by atoms with Crippen LogP contribution in [0.1, 0.15) is 29.9 Å². The maximum atomic E-state index is 14.1. The van der Waals surface area contributed by atoms with Crippen molar-refractivity contribution in [1.29, 1.82) is 0 Å². The Kier molecular flexibility index (Phi) is 6.40. The highest BCUT2D eigenvalue weighted by Gasteiger charge is 2.32. The van der Waals surface area contributed by atoms with Crippen LogP contribution in [-0.4, -0.2) is 36.7 Å². The van der Waals surface area contributed by atoms with E-state index in [0.717, 1.165) is 34.6 Å². The Balaban J connectivity index is 2.37. The van der Waals surface area contributed by atoms with Crippen molar-refractivity contribution in [3.05, 3.63) is 53.5 Å². The van der Waals surface area contributed by atoms with E-state index in [4.69, 9.17) is 0 Å². The predicted molar refractivity (Wildman–Crippen MR) is 93.7 cm³/mol. The van der Waals surface area contributed by atoms with Gasteiger partial charge in [-0.1, -0.05) is 19.9 Å². The van der Waals surface area contributed by atoms with Crippen molar-refractivity contribution >= 4 is 21.7 Å². The number of anilines is 1. The van der Waals surface area contributed by atoms with E-state index in [1.807, 2.05) is 5.32 Å². The Morgan fingerprint density at radius 1 is 1.14 bits per heavy atom. The minimum Gasteiger partial charge on any atom is -0.306 e. The van der Waals surface area contributed by atoms with Crippen LogP contribution in [0.15, 0.2) is 41.3 Å². The minimum absolute atomic E-state index is 0.173. The van der Waals surface area contributed by atoms with Crippen LogP contribution in [0, 0.1) is 5.82 Å². The lowest BCUT2D eigenvalue weighted by Crippen LogP contribution is -2.31. The first-order valence-electron chi connectivity index (χ1n) is 8.16. The van der Waals surface area contributed by atoms with Crippen LogP contribution in [0.25, 0.3) is 0 Å². The smallest absolute Gasteiger partial charge is 0.306 e. The fraction of sp³-hybridized carbons (Fsp3) is 0.294. The molecule has 0 aliphatic heterocycles. The summed E-state index contributed by atoms with van der Waals surface area (Å²) in [6.45, 7) is 3.59. The first-order chi connectivity index (χ1) is 13.0. The summed E-state index contributed by atoms with van der Waals surface area (Å²) >= 11 is 0. The molecular weight excluding hydrogens is 402 g/mol. The topological polar surface area (TPSA) is 79.4 Å². The van der Waals surface area contributed by atoms with Crippen molar-refractivity contribution in [2.75, 3.05) is 18.4 Å². The molecule has 0 fully saturated rings. The SMILES string of the molecule is CCN(CC)S(=O)(=O)c1ccc(F)c(C(=O)Nc2cccc(C(F)(F)F)n2)c1. The lowest BCUT2D eigenvalue weighted by atomic mass is 10.2. The Bertz CT molecular complexity index is 974. The molecule has 152 valence electrons. The molecule has 0 unspecified atom stereocenters. The van der Waals surface area contributed by atoms with Crippen LogP contribution < -0.4 is 5.32 Å². The average Bonchev–Trinajstić information content (AvgIpc) is 2.62. The van der Waals surface area contributed by atoms with Crippen LogP contribution >= 0.6 is 0 Å². The molecule has 1 heterocycles. The Morgan fingerprint density at radius 3 is 2.36 bits per heavy atom. The molecule has 0 aliphatic rings. The van der Waals surface area contributed by atoms with Crippen molar-refractivity contribution < 1.29 is 30.8 Å². The molecule has 0 saturated heterocycles. The van der Waals surface area contributed by atoms with E-state index in [0.29, 0.717) is 6.07 Å². The molecule has 2 rings (SSSR count). The fourth-order valence-electron chi connectivity index (χ4n) is 2.40. The summed E-state index contributed by atoms with van der Waals surface area (Å²) < 4.78 is 78.4. The monoisotopic (exact) mass is 419 g/mol. The molecule has 0 aliphatic carbocycles. The van der Waals surface area contributed by atoms with E-state index in [9.17, 15) is 30.8 Å². The number of carbonyl (C=O) groups excluding carboxylic acids is 1. The summed E-state index contributed by atoms with van der Waals surface area (Å²) in [6.07, 6.45) is -4.72. The molecule has 2 aromatic rings. The number of carbonyl (C=O) groups is 1. The van der Waals surface area contributed by atoms with Gasteiger partial charge in [-0.2, -0.15) is 17.5 Å². The first kappa shape index (κ1) is 21.8. The number of halogens is 4. The highest BCUT2D eigenvalue weighted by molar-refractivity contribution is 7.89. The number of amides is 1. The number of hydrogen-bond acceptors (Lipinski definition) is 4. The second kappa shape index (κ2) is 8.23. The van der Waals surface area contributed by atoms with E-state index < -0.39 is 45.0 Å². The summed E-state index contributed by atoms with van der Waals surface area (Å²) in [7, 11) is -3.95. The van der Waals surface area contributed by atoms with Crippen LogP contribution in [0.2, 0.25) is 0 Å². The summed E-state index contributed by atoms with van der Waals surface area (Å²) in [5, 5.41) is 2.05. The van der Waals surface area contributed by atoms with Crippen LogP contribution in [0.3, 0.4) is 0 Å². The minimum atomic E-state index is -4.72. The number of aromatic nitrogens is 1. The van der Waals surface area contributed by atoms with Crippen LogP contribution in [-0.2, 0) is 16.2 Å². The van der Waals surface area contributed by atoms with Gasteiger partial charge in [0.2, 0.25) is 10.0 Å². The summed E-state index contributed by atoms with van der Waals surface area (Å²) in [5.74, 6) is -2.60. The molecule has 0 radical (unpaired) electrons. The number of hydrogen-bond donors (Lipinski definition) is 1. The molecule has 1 amide bonds. The third-order valence-electron chi connectivity index (χ3n) is 3.81. The number of nitrogens with zero attached hydrogens (tertiary/aromatic N) is 2. The largest absolute Gasteiger partial charge is 0.433 e. The molecule has 1 aromatic heterocycles. The van der Waals surface area contributed by atoms with Crippen molar-refractivity contribution in [2.45, 2.75) is 24.9 Å². The van der Waals surface area contributed by atoms with Gasteiger partial charge in [-0.3, -0.25) is 4.79 Å². The number of nitrogens with one attached hydrogen (secondary N) is 1. The van der Waals surface area contributed by atoms with Gasteiger partial charge < -0.3 is 5.32 Å². The lowest BCUT2D eigenvalue weighted by Gasteiger charge is -2.19. The second-order valence-corrected chi connectivity index (χ2v) is 7.53. The zero-order valence-corrected chi connectivity index (χ0v) is 15.7. The predicted octanol–water partition coefficient (Wildman–Crippen LogP) is 3.52. The number of benzene rings is 1. The zero-order chi connectivity index (χ0) is 21.1. The molecule has 0 atom stereocenters. The standard InChI is InChI=1S/C17H17F4N3O3S/c1-3-24(4-2)28(26,27)11-8-9-13(18)12(10-11)16(25)23-15-7-5-6-14(22-15)17(19,20)21/h5-10H,3-4H2,1-2H3,(H,22,23,25). The van der Waals surface area contributed by atoms with E-state index in [1.165, 1.54) is 0 Å². The van der Waals surface area contributed by atoms with Gasteiger partial charge in [0.05, 0.1) is 10.5 Å². The molecule has 0 saturated carbocycles. The van der Waals surface area contributed by atoms with Gasteiger partial charge in [-0.25, -0.2) is 17.8 Å². The third-order valence-corrected chi connectivity index (χ3v) is 5.85. The van der Waals surface area contributed by atoms with Crippen molar-refractivity contribution in [3.8, 4) is 0 Å². The molecule has 28 heavy (non-hydrogen) atoms. The van der Waals surface area contributed by atoms with Gasteiger partial charge in [-0.05, 0) is 30.3 Å². The van der Waals surface area contributed by atoms with Crippen molar-refractivity contribution in [2.24, 2.45) is 0 Å². The summed E-state index contributed by atoms with van der Waals surface area (Å²) in [5.41, 5.74) is -1.86. The fourth-order valence-corrected chi connectivity index (χ4v) is 3.88. The normalized spacial score (nSPS) is 12.2. The number of sulfonamides is 1. The average molecular weight is 419 g/mol. The molecule has 11 heteroatoms. The summed E-state index contributed by atoms with van der Waals surface area (Å²) in [6, 6.07) is 5.51. The third kappa shape index (κ3) is 4.65. The molecule has 0 spiro atoms. The Morgan fingerprint density at radius 2 is 1.79 bits per heavy atom. The van der Waals surface area contributed by atoms with Crippen molar-refractivity contribution in [1.82, 2.24) is 9.29 Å². The molecule has 1 aromatic carbocycles. The number of rotatable bonds is 6. The lowest BCUT2D eigenvalue weighted by molar-refractivity contribution is -0.141. The van der Waals surface area contributed by atoms with Gasteiger partial charge >= 0.3 is 6.18 Å². The van der Waals surface area contributed by atoms with E-state index >= 15 is 0 Å². The molecular formula is C17H17F4N3O3S. The second-order valence-electron chi connectivity index (χ2n) is 5.59. The highest BCUT2D eigenvalue weighted by atomic mass is 32.2. The van der Waals surface area contributed by atoms with E-state index in [2.05, 4.69) is 4.98 Å². The first-order valence-corrected chi connectivity index (χ1v) is 9.60. The molecule has 1 N–H and O–H groups in total. The Hall–Kier alpha value is -2.53. The Labute approximate surface area is 159 Å². The van der Waals surface area contributed by atoms with Gasteiger partial charge in [0.1, 0.15) is 17.3 Å². The highest BCUT2D eigenvalue weighted by Crippen LogP contribution is 2.28. The van der Waals surface area contributed by atoms with Crippen LogP contribution in [0.5, 0.6) is 0 Å². The molecule has 0 bridgehead atoms. The molecule has 6 nitrogen and oxygen atoms in total.